The number of pyridine rings is 1. The van der Waals surface area contributed by atoms with Gasteiger partial charge in [-0.3, -0.25) is 10.1 Å². The van der Waals surface area contributed by atoms with Crippen LogP contribution in [0, 0.1) is 6.92 Å². The summed E-state index contributed by atoms with van der Waals surface area (Å²) in [6.45, 7) is 1.92. The molecule has 9 heteroatoms. The third-order valence-corrected chi connectivity index (χ3v) is 5.53. The summed E-state index contributed by atoms with van der Waals surface area (Å²) in [5.41, 5.74) is 4.43. The van der Waals surface area contributed by atoms with Crippen molar-refractivity contribution >= 4 is 51.8 Å². The van der Waals surface area contributed by atoms with Crippen molar-refractivity contribution in [2.45, 2.75) is 6.92 Å². The van der Waals surface area contributed by atoms with E-state index in [0.717, 1.165) is 22.4 Å². The number of aryl methyl sites for hydroxylation is 1. The van der Waals surface area contributed by atoms with Gasteiger partial charge in [0.2, 0.25) is 5.89 Å². The molecule has 168 valence electrons. The van der Waals surface area contributed by atoms with Gasteiger partial charge in [-0.05, 0) is 91.4 Å². The number of fused-ring (bicyclic) bond motifs is 1. The summed E-state index contributed by atoms with van der Waals surface area (Å²) in [5.74, 6) is 0.728. The van der Waals surface area contributed by atoms with Crippen molar-refractivity contribution in [1.29, 1.82) is 0 Å². The summed E-state index contributed by atoms with van der Waals surface area (Å²) in [4.78, 5) is 21.2. The lowest BCUT2D eigenvalue weighted by Crippen LogP contribution is -2.34. The zero-order chi connectivity index (χ0) is 23.7. The van der Waals surface area contributed by atoms with E-state index in [-0.39, 0.29) is 10.9 Å². The largest absolute Gasteiger partial charge is 0.451 e. The van der Waals surface area contributed by atoms with Crippen LogP contribution >= 0.6 is 23.8 Å². The average Bonchev–Trinajstić information content (AvgIpc) is 3.48. The van der Waals surface area contributed by atoms with Crippen LogP contribution in [0.15, 0.2) is 81.8 Å². The zero-order valence-electron chi connectivity index (χ0n) is 17.8. The molecule has 1 amide bonds. The number of nitrogens with one attached hydrogen (secondary N) is 2. The van der Waals surface area contributed by atoms with Crippen LogP contribution in [0.25, 0.3) is 34.0 Å². The highest BCUT2D eigenvalue weighted by atomic mass is 35.5. The minimum Gasteiger partial charge on any atom is -0.451 e. The number of anilines is 1. The number of amides is 1. The summed E-state index contributed by atoms with van der Waals surface area (Å²) < 4.78 is 11.4. The van der Waals surface area contributed by atoms with Gasteiger partial charge in [-0.1, -0.05) is 11.6 Å². The molecule has 3 heterocycles. The Labute approximate surface area is 204 Å². The van der Waals surface area contributed by atoms with Crippen LogP contribution in [0.1, 0.15) is 16.1 Å². The van der Waals surface area contributed by atoms with Crippen LogP contribution in [-0.4, -0.2) is 21.0 Å². The quantitative estimate of drug-likeness (QED) is 0.289. The van der Waals surface area contributed by atoms with Gasteiger partial charge in [0.1, 0.15) is 5.76 Å². The molecule has 0 atom stereocenters. The Hall–Kier alpha value is -4.01. The van der Waals surface area contributed by atoms with Crippen LogP contribution in [0.3, 0.4) is 0 Å². The molecule has 5 aromatic rings. The zero-order valence-corrected chi connectivity index (χ0v) is 19.4. The molecule has 3 aromatic heterocycles. The maximum atomic E-state index is 12.6. The maximum Gasteiger partial charge on any atom is 0.293 e. The third-order valence-electron chi connectivity index (χ3n) is 5.07. The summed E-state index contributed by atoms with van der Waals surface area (Å²) in [6.07, 6.45) is 1.67. The number of furan rings is 1. The number of hydrogen-bond donors (Lipinski definition) is 2. The van der Waals surface area contributed by atoms with E-state index >= 15 is 0 Å². The van der Waals surface area contributed by atoms with Crippen LogP contribution in [0.2, 0.25) is 5.02 Å². The number of oxazole rings is 1. The molecule has 2 aromatic carbocycles. The lowest BCUT2D eigenvalue weighted by molar-refractivity contribution is 0.0951. The number of rotatable bonds is 4. The first-order valence-electron chi connectivity index (χ1n) is 10.3. The maximum absolute atomic E-state index is 12.6. The monoisotopic (exact) mass is 488 g/mol. The molecule has 0 radical (unpaired) electrons. The number of hydrogen-bond acceptors (Lipinski definition) is 6. The topological polar surface area (TPSA) is 93.2 Å². The number of nitrogens with zero attached hydrogens (tertiary/aromatic N) is 2. The van der Waals surface area contributed by atoms with Crippen molar-refractivity contribution in [3.63, 3.8) is 0 Å². The number of thiocarbonyl (C=S) groups is 1. The molecule has 0 saturated carbocycles. The Morgan fingerprint density at radius 3 is 2.56 bits per heavy atom. The van der Waals surface area contributed by atoms with E-state index in [1.54, 1.807) is 36.5 Å². The van der Waals surface area contributed by atoms with Crippen molar-refractivity contribution in [1.82, 2.24) is 15.3 Å². The fourth-order valence-electron chi connectivity index (χ4n) is 3.38. The third kappa shape index (κ3) is 4.54. The van der Waals surface area contributed by atoms with Gasteiger partial charge in [-0.25, -0.2) is 4.98 Å². The Kier molecular flexibility index (Phi) is 5.83. The number of benzene rings is 2. The molecular weight excluding hydrogens is 472 g/mol. The van der Waals surface area contributed by atoms with Crippen LogP contribution < -0.4 is 10.6 Å². The Bertz CT molecular complexity index is 1490. The minimum atomic E-state index is -0.453. The van der Waals surface area contributed by atoms with Crippen LogP contribution in [0.5, 0.6) is 0 Å². The molecule has 2 N–H and O–H groups in total. The van der Waals surface area contributed by atoms with Gasteiger partial charge in [0.15, 0.2) is 22.1 Å². The predicted octanol–water partition coefficient (Wildman–Crippen LogP) is 6.24. The van der Waals surface area contributed by atoms with Crippen LogP contribution in [-0.2, 0) is 0 Å². The van der Waals surface area contributed by atoms with Gasteiger partial charge in [0.05, 0.1) is 0 Å². The fraction of sp³-hybridized carbons (Fsp3) is 0.0400. The second-order valence-corrected chi connectivity index (χ2v) is 8.30. The second-order valence-electron chi connectivity index (χ2n) is 7.45. The average molecular weight is 489 g/mol. The summed E-state index contributed by atoms with van der Waals surface area (Å²) in [7, 11) is 0. The van der Waals surface area contributed by atoms with Gasteiger partial charge in [0, 0.05) is 28.0 Å². The van der Waals surface area contributed by atoms with E-state index in [9.17, 15) is 4.79 Å². The van der Waals surface area contributed by atoms with Gasteiger partial charge in [-0.15, -0.1) is 0 Å². The Balaban J connectivity index is 1.25. The van der Waals surface area contributed by atoms with E-state index < -0.39 is 5.91 Å². The van der Waals surface area contributed by atoms with E-state index in [4.69, 9.17) is 32.7 Å². The summed E-state index contributed by atoms with van der Waals surface area (Å²) in [6, 6.07) is 19.7. The Morgan fingerprint density at radius 1 is 1.00 bits per heavy atom. The number of carbonyl (C=O) groups excluding carboxylic acids is 1. The first-order chi connectivity index (χ1) is 16.5. The van der Waals surface area contributed by atoms with E-state index in [1.165, 1.54) is 0 Å². The number of carbonyl (C=O) groups is 1. The van der Waals surface area contributed by atoms with E-state index in [2.05, 4.69) is 20.6 Å². The standard InChI is InChI=1S/C25H17ClN4O3S/c1-14-13-16(24-29-22-20(33-24)3-2-12-27-22)6-9-18(14)28-25(34)30-23(31)21-11-10-19(32-21)15-4-7-17(26)8-5-15/h2-13H,1H3,(H2,28,30,31,34). The molecule has 7 nitrogen and oxygen atoms in total. The number of halogens is 1. The van der Waals surface area contributed by atoms with Crippen molar-refractivity contribution in [2.24, 2.45) is 0 Å². The van der Waals surface area contributed by atoms with Crippen LogP contribution in [0.4, 0.5) is 5.69 Å². The van der Waals surface area contributed by atoms with Gasteiger partial charge in [-0.2, -0.15) is 4.98 Å². The molecule has 5 rings (SSSR count). The van der Waals surface area contributed by atoms with Gasteiger partial charge in [0.25, 0.3) is 5.91 Å². The van der Waals surface area contributed by atoms with E-state index in [0.29, 0.717) is 27.9 Å². The van der Waals surface area contributed by atoms with Gasteiger partial charge >= 0.3 is 0 Å². The molecule has 0 unspecified atom stereocenters. The highest BCUT2D eigenvalue weighted by molar-refractivity contribution is 7.80. The van der Waals surface area contributed by atoms with E-state index in [1.807, 2.05) is 43.3 Å². The molecule has 0 aliphatic rings. The van der Waals surface area contributed by atoms with Crippen molar-refractivity contribution in [3.8, 4) is 22.8 Å². The molecule has 0 spiro atoms. The lowest BCUT2D eigenvalue weighted by Gasteiger charge is -2.11. The predicted molar refractivity (Wildman–Crippen MR) is 135 cm³/mol. The molecule has 0 aliphatic heterocycles. The minimum absolute atomic E-state index is 0.144. The van der Waals surface area contributed by atoms with Crippen molar-refractivity contribution in [3.05, 3.63) is 89.3 Å². The summed E-state index contributed by atoms with van der Waals surface area (Å²) in [5, 5.41) is 6.45. The highest BCUT2D eigenvalue weighted by Gasteiger charge is 2.15. The molecule has 34 heavy (non-hydrogen) atoms. The normalized spacial score (nSPS) is 10.9. The smallest absolute Gasteiger partial charge is 0.293 e. The first kappa shape index (κ1) is 21.8. The van der Waals surface area contributed by atoms with Gasteiger partial charge < -0.3 is 14.2 Å². The second kappa shape index (κ2) is 9.09. The fourth-order valence-corrected chi connectivity index (χ4v) is 3.71. The highest BCUT2D eigenvalue weighted by Crippen LogP contribution is 2.27. The SMILES string of the molecule is Cc1cc(-c2nc3ncccc3o2)ccc1NC(=S)NC(=O)c1ccc(-c2ccc(Cl)cc2)o1. The molecule has 0 saturated heterocycles. The molecule has 0 aliphatic carbocycles. The lowest BCUT2D eigenvalue weighted by atomic mass is 10.1. The Morgan fingerprint density at radius 2 is 1.79 bits per heavy atom. The molecular formula is C25H17ClN4O3S. The molecule has 0 bridgehead atoms. The van der Waals surface area contributed by atoms with Crippen molar-refractivity contribution in [2.75, 3.05) is 5.32 Å². The molecule has 0 fully saturated rings. The number of aromatic nitrogens is 2. The van der Waals surface area contributed by atoms with Crippen molar-refractivity contribution < 1.29 is 13.6 Å². The summed E-state index contributed by atoms with van der Waals surface area (Å²) >= 11 is 11.2. The first-order valence-corrected chi connectivity index (χ1v) is 11.1.